The molecule has 1 unspecified atom stereocenters. The van der Waals surface area contributed by atoms with Crippen molar-refractivity contribution in [3.05, 3.63) is 22.1 Å². The third kappa shape index (κ3) is 4.64. The number of thioether (sulfide) groups is 1. The van der Waals surface area contributed by atoms with Crippen molar-refractivity contribution in [3.63, 3.8) is 0 Å². The summed E-state index contributed by atoms with van der Waals surface area (Å²) in [6.45, 7) is 8.23. The Morgan fingerprint density at radius 1 is 1.55 bits per heavy atom. The van der Waals surface area contributed by atoms with Crippen molar-refractivity contribution in [2.24, 2.45) is 0 Å². The number of aryl methyl sites for hydroxylation is 1. The van der Waals surface area contributed by atoms with Crippen molar-refractivity contribution in [2.45, 2.75) is 38.4 Å². The Hall–Kier alpha value is -1.34. The summed E-state index contributed by atoms with van der Waals surface area (Å²) in [4.78, 5) is 30.3. The number of rotatable bonds is 7. The van der Waals surface area contributed by atoms with Crippen molar-refractivity contribution in [1.82, 2.24) is 15.3 Å². The van der Waals surface area contributed by atoms with Crippen LogP contribution in [-0.4, -0.2) is 40.4 Å². The highest BCUT2D eigenvalue weighted by Crippen LogP contribution is 2.20. The first-order chi connectivity index (χ1) is 9.41. The number of carbonyl (C=O) groups is 1. The Bertz CT molecular complexity index is 518. The van der Waals surface area contributed by atoms with Gasteiger partial charge in [0.15, 0.2) is 5.16 Å². The van der Waals surface area contributed by atoms with Crippen LogP contribution in [0.4, 0.5) is 0 Å². The van der Waals surface area contributed by atoms with Crippen LogP contribution in [-0.2, 0) is 9.53 Å². The Kier molecular flexibility index (Phi) is 6.22. The van der Waals surface area contributed by atoms with Gasteiger partial charge in [0.2, 0.25) is 0 Å². The van der Waals surface area contributed by atoms with Crippen LogP contribution >= 0.6 is 11.8 Å². The van der Waals surface area contributed by atoms with Gasteiger partial charge >= 0.3 is 5.97 Å². The van der Waals surface area contributed by atoms with Crippen LogP contribution in [0.5, 0.6) is 0 Å². The average Bonchev–Trinajstić information content (AvgIpc) is 2.36. The lowest BCUT2D eigenvalue weighted by molar-refractivity contribution is -0.149. The second-order valence-electron chi connectivity index (χ2n) is 4.56. The molecule has 0 aliphatic rings. The van der Waals surface area contributed by atoms with Gasteiger partial charge in [0.1, 0.15) is 5.54 Å². The van der Waals surface area contributed by atoms with Crippen LogP contribution in [0.25, 0.3) is 0 Å². The van der Waals surface area contributed by atoms with E-state index < -0.39 is 5.54 Å². The molecule has 1 aromatic rings. The fourth-order valence-corrected chi connectivity index (χ4v) is 2.72. The van der Waals surface area contributed by atoms with Gasteiger partial charge in [-0.3, -0.25) is 9.59 Å². The molecular formula is C13H21N3O3S. The minimum atomic E-state index is -0.808. The molecule has 0 amide bonds. The number of nitrogens with zero attached hydrogens (tertiary/aromatic N) is 1. The molecule has 6 nitrogen and oxygen atoms in total. The van der Waals surface area contributed by atoms with Crippen molar-refractivity contribution in [3.8, 4) is 0 Å². The molecule has 1 aromatic heterocycles. The van der Waals surface area contributed by atoms with Crippen molar-refractivity contribution in [1.29, 1.82) is 0 Å². The number of hydrogen-bond acceptors (Lipinski definition) is 6. The minimum absolute atomic E-state index is 0.193. The Balaban J connectivity index is 2.80. The third-order valence-electron chi connectivity index (χ3n) is 2.64. The average molecular weight is 299 g/mol. The molecule has 112 valence electrons. The molecular weight excluding hydrogens is 278 g/mol. The van der Waals surface area contributed by atoms with Crippen molar-refractivity contribution >= 4 is 17.7 Å². The largest absolute Gasteiger partial charge is 0.465 e. The number of hydrogen-bond donors (Lipinski definition) is 2. The lowest BCUT2D eigenvalue weighted by Crippen LogP contribution is -2.52. The molecule has 1 atom stereocenters. The third-order valence-corrected chi connectivity index (χ3v) is 3.83. The predicted octanol–water partition coefficient (Wildman–Crippen LogP) is 1.10. The van der Waals surface area contributed by atoms with Crippen LogP contribution < -0.4 is 10.9 Å². The number of esters is 1. The summed E-state index contributed by atoms with van der Waals surface area (Å²) in [7, 11) is 0. The van der Waals surface area contributed by atoms with E-state index in [4.69, 9.17) is 4.74 Å². The Morgan fingerprint density at radius 2 is 2.25 bits per heavy atom. The molecule has 7 heteroatoms. The van der Waals surface area contributed by atoms with Gasteiger partial charge in [-0.2, -0.15) is 0 Å². The fraction of sp³-hybridized carbons (Fsp3) is 0.615. The van der Waals surface area contributed by atoms with E-state index in [-0.39, 0.29) is 11.5 Å². The molecule has 0 bridgehead atoms. The van der Waals surface area contributed by atoms with E-state index in [1.54, 1.807) is 20.8 Å². The predicted molar refractivity (Wildman–Crippen MR) is 79.0 cm³/mol. The van der Waals surface area contributed by atoms with E-state index in [9.17, 15) is 9.59 Å². The van der Waals surface area contributed by atoms with Gasteiger partial charge in [-0.25, -0.2) is 4.98 Å². The second kappa shape index (κ2) is 7.44. The monoisotopic (exact) mass is 299 g/mol. The SMILES string of the molecule is CCNC(C)(CSc1nc(C)cc(=O)[nH]1)C(=O)OCC. The molecule has 0 aliphatic carbocycles. The molecule has 0 aromatic carbocycles. The molecule has 0 fully saturated rings. The van der Waals surface area contributed by atoms with E-state index in [0.717, 1.165) is 0 Å². The van der Waals surface area contributed by atoms with Crippen LogP contribution in [0, 0.1) is 6.92 Å². The van der Waals surface area contributed by atoms with Crippen LogP contribution in [0.3, 0.4) is 0 Å². The summed E-state index contributed by atoms with van der Waals surface area (Å²) < 4.78 is 5.09. The molecule has 1 rings (SSSR count). The first-order valence-electron chi connectivity index (χ1n) is 6.54. The highest BCUT2D eigenvalue weighted by molar-refractivity contribution is 7.99. The number of likely N-dealkylation sites (N-methyl/N-ethyl adjacent to an activating group) is 1. The zero-order valence-electron chi connectivity index (χ0n) is 12.3. The first kappa shape index (κ1) is 16.7. The van der Waals surface area contributed by atoms with Gasteiger partial charge in [0.05, 0.1) is 6.61 Å². The second-order valence-corrected chi connectivity index (χ2v) is 5.53. The number of ether oxygens (including phenoxy) is 1. The van der Waals surface area contributed by atoms with Gasteiger partial charge in [-0.05, 0) is 27.3 Å². The number of H-pyrrole nitrogens is 1. The van der Waals surface area contributed by atoms with Gasteiger partial charge < -0.3 is 15.0 Å². The van der Waals surface area contributed by atoms with Crippen molar-refractivity contribution < 1.29 is 9.53 Å². The molecule has 0 radical (unpaired) electrons. The number of carbonyl (C=O) groups excluding carboxylic acids is 1. The minimum Gasteiger partial charge on any atom is -0.465 e. The summed E-state index contributed by atoms with van der Waals surface area (Å²) in [5.74, 6) is 0.121. The number of nitrogens with one attached hydrogen (secondary N) is 2. The zero-order valence-corrected chi connectivity index (χ0v) is 13.1. The highest BCUT2D eigenvalue weighted by atomic mass is 32.2. The quantitative estimate of drug-likeness (QED) is 0.446. The maximum Gasteiger partial charge on any atom is 0.326 e. The standard InChI is InChI=1S/C13H21N3O3S/c1-5-14-13(4,11(18)19-6-2)8-20-12-15-9(3)7-10(17)16-12/h7,14H,5-6,8H2,1-4H3,(H,15,16,17). The van der Waals surface area contributed by atoms with E-state index in [1.807, 2.05) is 6.92 Å². The molecule has 0 spiro atoms. The molecule has 0 aliphatic heterocycles. The van der Waals surface area contributed by atoms with Crippen molar-refractivity contribution in [2.75, 3.05) is 18.9 Å². The summed E-state index contributed by atoms with van der Waals surface area (Å²) >= 11 is 1.32. The molecule has 1 heterocycles. The first-order valence-corrected chi connectivity index (χ1v) is 7.53. The number of aromatic amines is 1. The van der Waals surface area contributed by atoms with Crippen LogP contribution in [0.1, 0.15) is 26.5 Å². The maximum atomic E-state index is 12.0. The summed E-state index contributed by atoms with van der Waals surface area (Å²) in [5, 5.41) is 3.63. The van der Waals surface area contributed by atoms with Gasteiger partial charge in [0.25, 0.3) is 5.56 Å². The molecule has 20 heavy (non-hydrogen) atoms. The van der Waals surface area contributed by atoms with E-state index >= 15 is 0 Å². The summed E-state index contributed by atoms with van der Waals surface area (Å²) in [6.07, 6.45) is 0. The molecule has 0 saturated heterocycles. The van der Waals surface area contributed by atoms with E-state index in [0.29, 0.717) is 29.8 Å². The van der Waals surface area contributed by atoms with Crippen LogP contribution in [0.2, 0.25) is 0 Å². The maximum absolute atomic E-state index is 12.0. The highest BCUT2D eigenvalue weighted by Gasteiger charge is 2.34. The van der Waals surface area contributed by atoms with E-state index in [2.05, 4.69) is 15.3 Å². The Morgan fingerprint density at radius 3 is 2.80 bits per heavy atom. The summed E-state index contributed by atoms with van der Waals surface area (Å²) in [6, 6.07) is 1.43. The normalized spacial score (nSPS) is 13.8. The van der Waals surface area contributed by atoms with Gasteiger partial charge in [-0.15, -0.1) is 0 Å². The lowest BCUT2D eigenvalue weighted by atomic mass is 10.1. The molecule has 2 N–H and O–H groups in total. The fourth-order valence-electron chi connectivity index (χ4n) is 1.70. The summed E-state index contributed by atoms with van der Waals surface area (Å²) in [5.41, 5.74) is -0.351. The van der Waals surface area contributed by atoms with Crippen LogP contribution in [0.15, 0.2) is 16.0 Å². The molecule has 0 saturated carbocycles. The number of aromatic nitrogens is 2. The lowest BCUT2D eigenvalue weighted by Gasteiger charge is -2.27. The zero-order chi connectivity index (χ0) is 15.2. The topological polar surface area (TPSA) is 84.1 Å². The Labute approximate surface area is 122 Å². The van der Waals surface area contributed by atoms with E-state index in [1.165, 1.54) is 17.8 Å². The van der Waals surface area contributed by atoms with Gasteiger partial charge in [0, 0.05) is 17.5 Å². The van der Waals surface area contributed by atoms with Gasteiger partial charge in [-0.1, -0.05) is 18.7 Å². The smallest absolute Gasteiger partial charge is 0.326 e.